The number of nitro groups is 1. The Morgan fingerprint density at radius 2 is 2.05 bits per heavy atom. The van der Waals surface area contributed by atoms with Gasteiger partial charge in [0.05, 0.1) is 4.92 Å². The summed E-state index contributed by atoms with van der Waals surface area (Å²) in [5.41, 5.74) is 2.01. The summed E-state index contributed by atoms with van der Waals surface area (Å²) in [6.07, 6.45) is 2.82. The molecule has 0 saturated carbocycles. The van der Waals surface area contributed by atoms with E-state index in [1.54, 1.807) is 6.07 Å². The molecule has 4 nitrogen and oxygen atoms in total. The van der Waals surface area contributed by atoms with Gasteiger partial charge in [-0.05, 0) is 44.2 Å². The van der Waals surface area contributed by atoms with Gasteiger partial charge in [-0.2, -0.15) is 0 Å². The number of rotatable bonds is 8. The van der Waals surface area contributed by atoms with Gasteiger partial charge < -0.3 is 5.32 Å². The molecule has 1 aromatic rings. The van der Waals surface area contributed by atoms with Crippen molar-refractivity contribution in [1.82, 2.24) is 5.32 Å². The fourth-order valence-corrected chi connectivity index (χ4v) is 2.44. The molecule has 0 heterocycles. The number of nitro benzene ring substituents is 1. The van der Waals surface area contributed by atoms with Crippen molar-refractivity contribution in [1.29, 1.82) is 0 Å². The second-order valence-corrected chi connectivity index (χ2v) is 5.87. The first-order chi connectivity index (χ1) is 9.43. The summed E-state index contributed by atoms with van der Waals surface area (Å²) in [4.78, 5) is 10.9. The van der Waals surface area contributed by atoms with Gasteiger partial charge in [0, 0.05) is 17.7 Å². The normalized spacial score (nSPS) is 12.7. The lowest BCUT2D eigenvalue weighted by atomic mass is 9.95. The first-order valence-corrected chi connectivity index (χ1v) is 7.41. The number of hydrogen-bond donors (Lipinski definition) is 1. The molecule has 0 saturated heterocycles. The zero-order valence-electron chi connectivity index (χ0n) is 13.0. The fourth-order valence-electron chi connectivity index (χ4n) is 2.44. The van der Waals surface area contributed by atoms with Crippen LogP contribution in [0.15, 0.2) is 18.2 Å². The average molecular weight is 278 g/mol. The summed E-state index contributed by atoms with van der Waals surface area (Å²) in [5.74, 6) is 0.578. The molecule has 1 rings (SSSR count). The lowest BCUT2D eigenvalue weighted by Crippen LogP contribution is -2.33. The van der Waals surface area contributed by atoms with Crippen molar-refractivity contribution in [2.45, 2.75) is 53.0 Å². The van der Waals surface area contributed by atoms with Gasteiger partial charge in [0.25, 0.3) is 5.69 Å². The number of benzene rings is 1. The van der Waals surface area contributed by atoms with Crippen LogP contribution in [-0.2, 0) is 6.42 Å². The van der Waals surface area contributed by atoms with Gasteiger partial charge in [0.15, 0.2) is 0 Å². The van der Waals surface area contributed by atoms with Gasteiger partial charge in [0.2, 0.25) is 0 Å². The molecule has 0 fully saturated rings. The predicted octanol–water partition coefficient (Wildman–Crippen LogP) is 3.86. The molecule has 0 spiro atoms. The smallest absolute Gasteiger partial charge is 0.272 e. The number of nitrogens with zero attached hydrogens (tertiary/aromatic N) is 1. The lowest BCUT2D eigenvalue weighted by Gasteiger charge is -2.20. The summed E-state index contributed by atoms with van der Waals surface area (Å²) in [6, 6.07) is 5.82. The van der Waals surface area contributed by atoms with Gasteiger partial charge in [-0.25, -0.2) is 0 Å². The van der Waals surface area contributed by atoms with Crippen molar-refractivity contribution in [3.63, 3.8) is 0 Å². The molecule has 1 aromatic carbocycles. The van der Waals surface area contributed by atoms with E-state index in [1.165, 1.54) is 0 Å². The van der Waals surface area contributed by atoms with E-state index < -0.39 is 0 Å². The summed E-state index contributed by atoms with van der Waals surface area (Å²) < 4.78 is 0. The Hall–Kier alpha value is -1.42. The molecular formula is C16H26N2O2. The second-order valence-electron chi connectivity index (χ2n) is 5.87. The summed E-state index contributed by atoms with van der Waals surface area (Å²) in [6.45, 7) is 9.34. The van der Waals surface area contributed by atoms with Crippen LogP contribution in [0.25, 0.3) is 0 Å². The topological polar surface area (TPSA) is 55.2 Å². The van der Waals surface area contributed by atoms with Crippen LogP contribution in [0, 0.1) is 23.0 Å². The molecule has 0 amide bonds. The van der Waals surface area contributed by atoms with Crippen LogP contribution in [0.4, 0.5) is 5.69 Å². The summed E-state index contributed by atoms with van der Waals surface area (Å²) >= 11 is 0. The maximum Gasteiger partial charge on any atom is 0.272 e. The van der Waals surface area contributed by atoms with Crippen LogP contribution in [-0.4, -0.2) is 17.5 Å². The van der Waals surface area contributed by atoms with E-state index in [0.717, 1.165) is 36.9 Å². The van der Waals surface area contributed by atoms with E-state index >= 15 is 0 Å². The highest BCUT2D eigenvalue weighted by Gasteiger charge is 2.18. The molecule has 0 radical (unpaired) electrons. The van der Waals surface area contributed by atoms with Crippen molar-refractivity contribution in [2.75, 3.05) is 6.54 Å². The third-order valence-electron chi connectivity index (χ3n) is 3.34. The Bertz CT molecular complexity index is 444. The van der Waals surface area contributed by atoms with Gasteiger partial charge in [-0.1, -0.05) is 32.9 Å². The monoisotopic (exact) mass is 278 g/mol. The van der Waals surface area contributed by atoms with Crippen LogP contribution < -0.4 is 5.32 Å². The van der Waals surface area contributed by atoms with Crippen LogP contribution in [0.1, 0.15) is 44.7 Å². The zero-order chi connectivity index (χ0) is 15.1. The molecule has 1 unspecified atom stereocenters. The van der Waals surface area contributed by atoms with Crippen molar-refractivity contribution in [3.05, 3.63) is 39.4 Å². The van der Waals surface area contributed by atoms with Crippen LogP contribution >= 0.6 is 0 Å². The van der Waals surface area contributed by atoms with E-state index in [0.29, 0.717) is 12.0 Å². The lowest BCUT2D eigenvalue weighted by molar-refractivity contribution is -0.385. The molecule has 112 valence electrons. The molecule has 0 aliphatic rings. The van der Waals surface area contributed by atoms with Gasteiger partial charge in [-0.3, -0.25) is 10.1 Å². The Morgan fingerprint density at radius 3 is 2.60 bits per heavy atom. The number of nitrogens with one attached hydrogen (secondary N) is 1. The van der Waals surface area contributed by atoms with Gasteiger partial charge >= 0.3 is 0 Å². The molecule has 1 N–H and O–H groups in total. The van der Waals surface area contributed by atoms with Crippen LogP contribution in [0.5, 0.6) is 0 Å². The van der Waals surface area contributed by atoms with E-state index in [4.69, 9.17) is 0 Å². The third-order valence-corrected chi connectivity index (χ3v) is 3.34. The van der Waals surface area contributed by atoms with Crippen molar-refractivity contribution >= 4 is 5.69 Å². The minimum absolute atomic E-state index is 0.247. The van der Waals surface area contributed by atoms with Crippen molar-refractivity contribution < 1.29 is 4.92 Å². The molecular weight excluding hydrogens is 252 g/mol. The number of aryl methyl sites for hydroxylation is 1. The minimum atomic E-state index is -0.269. The zero-order valence-corrected chi connectivity index (χ0v) is 13.0. The van der Waals surface area contributed by atoms with Crippen molar-refractivity contribution in [2.24, 2.45) is 5.92 Å². The fraction of sp³-hybridized carbons (Fsp3) is 0.625. The molecule has 0 aliphatic heterocycles. The highest BCUT2D eigenvalue weighted by atomic mass is 16.6. The van der Waals surface area contributed by atoms with Crippen LogP contribution in [0.3, 0.4) is 0 Å². The van der Waals surface area contributed by atoms with Crippen LogP contribution in [0.2, 0.25) is 0 Å². The minimum Gasteiger partial charge on any atom is -0.314 e. The Morgan fingerprint density at radius 1 is 1.35 bits per heavy atom. The molecule has 1 atom stereocenters. The van der Waals surface area contributed by atoms with Gasteiger partial charge in [0.1, 0.15) is 0 Å². The standard InChI is InChI=1S/C16H26N2O2/c1-5-8-17-15(9-12(2)3)11-14-7-6-13(4)10-16(14)18(19)20/h6-7,10,12,15,17H,5,8-9,11H2,1-4H3. The first kappa shape index (κ1) is 16.6. The van der Waals surface area contributed by atoms with E-state index in [9.17, 15) is 10.1 Å². The summed E-state index contributed by atoms with van der Waals surface area (Å²) in [7, 11) is 0. The average Bonchev–Trinajstić information content (AvgIpc) is 2.37. The second kappa shape index (κ2) is 8.00. The highest BCUT2D eigenvalue weighted by Crippen LogP contribution is 2.23. The molecule has 0 aliphatic carbocycles. The first-order valence-electron chi connectivity index (χ1n) is 7.41. The Kier molecular flexibility index (Phi) is 6.65. The SMILES string of the molecule is CCCNC(Cc1ccc(C)cc1[N+](=O)[O-])CC(C)C. The molecule has 4 heteroatoms. The van der Waals surface area contributed by atoms with Crippen molar-refractivity contribution in [3.8, 4) is 0 Å². The summed E-state index contributed by atoms with van der Waals surface area (Å²) in [5, 5.41) is 14.7. The maximum atomic E-state index is 11.2. The Labute approximate surface area is 121 Å². The predicted molar refractivity (Wildman–Crippen MR) is 83.1 cm³/mol. The van der Waals surface area contributed by atoms with E-state index in [1.807, 2.05) is 19.1 Å². The largest absolute Gasteiger partial charge is 0.314 e. The molecule has 20 heavy (non-hydrogen) atoms. The van der Waals surface area contributed by atoms with Gasteiger partial charge in [-0.15, -0.1) is 0 Å². The highest BCUT2D eigenvalue weighted by molar-refractivity contribution is 5.43. The molecule has 0 bridgehead atoms. The van der Waals surface area contributed by atoms with E-state index in [2.05, 4.69) is 26.1 Å². The Balaban J connectivity index is 2.88. The maximum absolute atomic E-state index is 11.2. The third kappa shape index (κ3) is 5.29. The quantitative estimate of drug-likeness (QED) is 0.580. The number of hydrogen-bond acceptors (Lipinski definition) is 3. The molecule has 0 aromatic heterocycles. The van der Waals surface area contributed by atoms with E-state index in [-0.39, 0.29) is 10.6 Å².